The summed E-state index contributed by atoms with van der Waals surface area (Å²) in [7, 11) is 0. The predicted molar refractivity (Wildman–Crippen MR) is 74.6 cm³/mol. The molecule has 3 nitrogen and oxygen atoms in total. The maximum Gasteiger partial charge on any atom is 0.239 e. The first-order valence-electron chi connectivity index (χ1n) is 7.82. The van der Waals surface area contributed by atoms with E-state index in [4.69, 9.17) is 0 Å². The van der Waals surface area contributed by atoms with E-state index in [1.165, 1.54) is 51.4 Å². The van der Waals surface area contributed by atoms with Crippen molar-refractivity contribution in [2.75, 3.05) is 26.2 Å². The van der Waals surface area contributed by atoms with E-state index in [-0.39, 0.29) is 6.04 Å². The first-order valence-corrected chi connectivity index (χ1v) is 7.82. The Kier molecular flexibility index (Phi) is 5.48. The molecular weight excluding hydrogens is 224 g/mol. The molecule has 2 aliphatic rings. The summed E-state index contributed by atoms with van der Waals surface area (Å²) in [5, 5.41) is 0. The third-order valence-electron chi connectivity index (χ3n) is 4.46. The quantitative estimate of drug-likeness (QED) is 0.754. The van der Waals surface area contributed by atoms with Crippen molar-refractivity contribution in [3.8, 4) is 0 Å². The third-order valence-corrected chi connectivity index (χ3v) is 4.46. The van der Waals surface area contributed by atoms with Crippen molar-refractivity contribution in [1.82, 2.24) is 9.80 Å². The van der Waals surface area contributed by atoms with Gasteiger partial charge >= 0.3 is 0 Å². The lowest BCUT2D eigenvalue weighted by Crippen LogP contribution is -2.49. The van der Waals surface area contributed by atoms with Crippen molar-refractivity contribution in [3.05, 3.63) is 0 Å². The molecule has 0 bridgehead atoms. The van der Waals surface area contributed by atoms with Gasteiger partial charge in [0.25, 0.3) is 0 Å². The minimum atomic E-state index is 0.0983. The van der Waals surface area contributed by atoms with Gasteiger partial charge in [-0.25, -0.2) is 0 Å². The molecule has 3 heteroatoms. The van der Waals surface area contributed by atoms with Gasteiger partial charge < -0.3 is 4.90 Å². The van der Waals surface area contributed by atoms with Crippen molar-refractivity contribution < 1.29 is 4.79 Å². The Bertz CT molecular complexity index is 253. The Balaban J connectivity index is 1.86. The van der Waals surface area contributed by atoms with Gasteiger partial charge in [-0.05, 0) is 52.1 Å². The Hall–Kier alpha value is -0.570. The summed E-state index contributed by atoms with van der Waals surface area (Å²) in [6.07, 6.45) is 10.2. The van der Waals surface area contributed by atoms with Crippen LogP contribution in [0.1, 0.15) is 58.3 Å². The van der Waals surface area contributed by atoms with Crippen LogP contribution in [0.2, 0.25) is 0 Å². The van der Waals surface area contributed by atoms with Crippen LogP contribution in [0, 0.1) is 0 Å². The Morgan fingerprint density at radius 3 is 1.83 bits per heavy atom. The summed E-state index contributed by atoms with van der Waals surface area (Å²) in [6, 6.07) is 0.0983. The normalized spacial score (nSPS) is 25.3. The molecule has 0 saturated carbocycles. The minimum absolute atomic E-state index is 0.0983. The van der Waals surface area contributed by atoms with Gasteiger partial charge in [0.15, 0.2) is 0 Å². The van der Waals surface area contributed by atoms with E-state index >= 15 is 0 Å². The fourth-order valence-corrected chi connectivity index (χ4v) is 3.19. The minimum Gasteiger partial charge on any atom is -0.341 e. The van der Waals surface area contributed by atoms with Crippen molar-refractivity contribution in [2.24, 2.45) is 0 Å². The fourth-order valence-electron chi connectivity index (χ4n) is 3.19. The van der Waals surface area contributed by atoms with Crippen LogP contribution < -0.4 is 0 Å². The summed E-state index contributed by atoms with van der Waals surface area (Å²) in [6.45, 7) is 6.30. The van der Waals surface area contributed by atoms with Crippen LogP contribution in [-0.4, -0.2) is 47.9 Å². The number of carbonyl (C=O) groups excluding carboxylic acids is 1. The topological polar surface area (TPSA) is 23.6 Å². The highest BCUT2D eigenvalue weighted by Gasteiger charge is 2.26. The lowest BCUT2D eigenvalue weighted by Gasteiger charge is -2.35. The van der Waals surface area contributed by atoms with Gasteiger partial charge in [0.05, 0.1) is 6.04 Å². The molecule has 18 heavy (non-hydrogen) atoms. The van der Waals surface area contributed by atoms with Crippen LogP contribution in [0.3, 0.4) is 0 Å². The standard InChI is InChI=1S/C15H28N2O/c1-14(15(18)17-12-8-5-9-13-17)16-10-6-3-2-4-7-11-16/h14H,2-13H2,1H3. The van der Waals surface area contributed by atoms with Crippen molar-refractivity contribution in [3.63, 3.8) is 0 Å². The average Bonchev–Trinajstić information content (AvgIpc) is 2.38. The molecule has 2 heterocycles. The number of hydrogen-bond acceptors (Lipinski definition) is 2. The predicted octanol–water partition coefficient (Wildman–Crippen LogP) is 2.65. The summed E-state index contributed by atoms with van der Waals surface area (Å²) < 4.78 is 0. The first-order chi connectivity index (χ1) is 8.79. The highest BCUT2D eigenvalue weighted by molar-refractivity contribution is 5.81. The number of rotatable bonds is 2. The maximum absolute atomic E-state index is 12.5. The third kappa shape index (κ3) is 3.71. The molecule has 0 aromatic rings. The van der Waals surface area contributed by atoms with Crippen LogP contribution in [0.5, 0.6) is 0 Å². The average molecular weight is 252 g/mol. The number of piperidine rings is 1. The summed E-state index contributed by atoms with van der Waals surface area (Å²) in [4.78, 5) is 17.0. The van der Waals surface area contributed by atoms with Crippen LogP contribution >= 0.6 is 0 Å². The lowest BCUT2D eigenvalue weighted by atomic mass is 10.1. The smallest absolute Gasteiger partial charge is 0.239 e. The largest absolute Gasteiger partial charge is 0.341 e. The molecular formula is C15H28N2O. The van der Waals surface area contributed by atoms with Gasteiger partial charge in [0.1, 0.15) is 0 Å². The molecule has 0 radical (unpaired) electrons. The van der Waals surface area contributed by atoms with E-state index in [9.17, 15) is 4.79 Å². The van der Waals surface area contributed by atoms with Crippen LogP contribution in [0.25, 0.3) is 0 Å². The van der Waals surface area contributed by atoms with E-state index in [0.29, 0.717) is 5.91 Å². The highest BCUT2D eigenvalue weighted by atomic mass is 16.2. The zero-order valence-electron chi connectivity index (χ0n) is 11.9. The summed E-state index contributed by atoms with van der Waals surface area (Å²) in [5.74, 6) is 0.371. The van der Waals surface area contributed by atoms with Gasteiger partial charge in [-0.3, -0.25) is 9.69 Å². The Morgan fingerprint density at radius 1 is 0.778 bits per heavy atom. The number of amides is 1. The van der Waals surface area contributed by atoms with E-state index in [0.717, 1.165) is 26.2 Å². The Labute approximate surface area is 112 Å². The Morgan fingerprint density at radius 2 is 1.22 bits per heavy atom. The zero-order valence-corrected chi connectivity index (χ0v) is 11.9. The molecule has 0 aliphatic carbocycles. The number of carbonyl (C=O) groups is 1. The molecule has 1 unspecified atom stereocenters. The molecule has 2 aliphatic heterocycles. The second-order valence-corrected chi connectivity index (χ2v) is 5.87. The van der Waals surface area contributed by atoms with E-state index in [1.807, 2.05) is 0 Å². The molecule has 104 valence electrons. The molecule has 2 saturated heterocycles. The highest BCUT2D eigenvalue weighted by Crippen LogP contribution is 2.16. The van der Waals surface area contributed by atoms with Gasteiger partial charge in [-0.1, -0.05) is 19.3 Å². The summed E-state index contributed by atoms with van der Waals surface area (Å²) in [5.41, 5.74) is 0. The van der Waals surface area contributed by atoms with Crippen LogP contribution in [-0.2, 0) is 4.79 Å². The number of nitrogens with zero attached hydrogens (tertiary/aromatic N) is 2. The van der Waals surface area contributed by atoms with E-state index < -0.39 is 0 Å². The first kappa shape index (κ1) is 13.9. The van der Waals surface area contributed by atoms with Crippen molar-refractivity contribution in [1.29, 1.82) is 0 Å². The van der Waals surface area contributed by atoms with Crippen molar-refractivity contribution in [2.45, 2.75) is 64.3 Å². The second-order valence-electron chi connectivity index (χ2n) is 5.87. The van der Waals surface area contributed by atoms with Gasteiger partial charge in [0.2, 0.25) is 5.91 Å². The fraction of sp³-hybridized carbons (Fsp3) is 0.933. The van der Waals surface area contributed by atoms with Crippen molar-refractivity contribution >= 4 is 5.91 Å². The van der Waals surface area contributed by atoms with Gasteiger partial charge in [-0.15, -0.1) is 0 Å². The zero-order chi connectivity index (χ0) is 12.8. The molecule has 1 amide bonds. The summed E-state index contributed by atoms with van der Waals surface area (Å²) >= 11 is 0. The number of hydrogen-bond donors (Lipinski definition) is 0. The monoisotopic (exact) mass is 252 g/mol. The van der Waals surface area contributed by atoms with E-state index in [2.05, 4.69) is 16.7 Å². The van der Waals surface area contributed by atoms with Crippen LogP contribution in [0.15, 0.2) is 0 Å². The molecule has 2 fully saturated rings. The van der Waals surface area contributed by atoms with Gasteiger partial charge in [-0.2, -0.15) is 0 Å². The van der Waals surface area contributed by atoms with Crippen LogP contribution in [0.4, 0.5) is 0 Å². The molecule has 2 rings (SSSR count). The molecule has 1 atom stereocenters. The molecule has 0 aromatic heterocycles. The SMILES string of the molecule is CC(C(=O)N1CCCCC1)N1CCCCCCC1. The van der Waals surface area contributed by atoms with Gasteiger partial charge in [0, 0.05) is 13.1 Å². The number of likely N-dealkylation sites (tertiary alicyclic amines) is 2. The second kappa shape index (κ2) is 7.13. The molecule has 0 aromatic carbocycles. The lowest BCUT2D eigenvalue weighted by molar-refractivity contribution is -0.137. The maximum atomic E-state index is 12.5. The van der Waals surface area contributed by atoms with E-state index in [1.54, 1.807) is 0 Å². The molecule has 0 spiro atoms. The molecule has 0 N–H and O–H groups in total.